The lowest BCUT2D eigenvalue weighted by Gasteiger charge is -2.25. The maximum absolute atomic E-state index is 13.8. The molecule has 0 amide bonds. The second kappa shape index (κ2) is 29.0. The van der Waals surface area contributed by atoms with Crippen molar-refractivity contribution in [2.75, 3.05) is 7.11 Å². The number of allylic oxidation sites excluding steroid dienone is 6. The lowest BCUT2D eigenvalue weighted by atomic mass is 9.81. The van der Waals surface area contributed by atoms with Gasteiger partial charge >= 0.3 is 29.4 Å². The molecule has 0 saturated heterocycles. The van der Waals surface area contributed by atoms with Crippen LogP contribution in [0.1, 0.15) is 159 Å². The fourth-order valence-corrected chi connectivity index (χ4v) is 12.7. The number of aromatic amines is 6. The van der Waals surface area contributed by atoms with Crippen molar-refractivity contribution >= 4 is 16.7 Å². The lowest BCUT2D eigenvalue weighted by Crippen LogP contribution is -2.30. The van der Waals surface area contributed by atoms with Crippen molar-refractivity contribution in [3.8, 4) is 5.75 Å². The van der Waals surface area contributed by atoms with Gasteiger partial charge in [0.05, 0.1) is 18.2 Å². The van der Waals surface area contributed by atoms with Crippen molar-refractivity contribution < 1.29 is 35.5 Å². The number of H-pyrrole nitrogens is 6. The van der Waals surface area contributed by atoms with Crippen LogP contribution in [-0.2, 0) is 31.6 Å². The molecule has 3 unspecified atom stereocenters. The number of alkyl halides is 6. The first kappa shape index (κ1) is 65.8. The lowest BCUT2D eigenvalue weighted by molar-refractivity contribution is -0.138. The molecule has 0 saturated carbocycles. The third kappa shape index (κ3) is 16.3. The van der Waals surface area contributed by atoms with E-state index in [0.29, 0.717) is 127 Å². The molecular formula is C73H67F7N6O7. The predicted molar refractivity (Wildman–Crippen MR) is 345 cm³/mol. The van der Waals surface area contributed by atoms with Gasteiger partial charge in [-0.15, -0.1) is 0 Å². The van der Waals surface area contributed by atoms with Crippen molar-refractivity contribution in [1.82, 2.24) is 29.9 Å². The Hall–Kier alpha value is -10.1. The zero-order valence-electron chi connectivity index (χ0n) is 50.9. The third-order valence-corrected chi connectivity index (χ3v) is 17.3. The van der Waals surface area contributed by atoms with Gasteiger partial charge in [0.2, 0.25) is 0 Å². The molecule has 0 bridgehead atoms. The second-order valence-corrected chi connectivity index (χ2v) is 23.4. The van der Waals surface area contributed by atoms with Crippen molar-refractivity contribution in [1.29, 1.82) is 0 Å². The summed E-state index contributed by atoms with van der Waals surface area (Å²) in [6.07, 6.45) is 2.91. The Balaban J connectivity index is 0.000000153. The highest BCUT2D eigenvalue weighted by atomic mass is 19.4. The molecule has 0 fully saturated rings. The quantitative estimate of drug-likeness (QED) is 0.0615. The van der Waals surface area contributed by atoms with E-state index < -0.39 is 51.7 Å². The van der Waals surface area contributed by atoms with E-state index in [1.807, 2.05) is 91.0 Å². The zero-order chi connectivity index (χ0) is 66.0. The summed E-state index contributed by atoms with van der Waals surface area (Å²) in [6.45, 7) is 1.64. The zero-order valence-corrected chi connectivity index (χ0v) is 50.9. The third-order valence-electron chi connectivity index (χ3n) is 17.3. The first-order valence-electron chi connectivity index (χ1n) is 30.5. The molecule has 3 aromatic heterocycles. The number of ether oxygens (including phenoxy) is 1. The molecule has 480 valence electrons. The number of rotatable bonds is 13. The standard InChI is InChI=1S/C25H23F3N2O2.C24H21F3N2O2.C24H23FN2O3/c1-15-7-12-19(21(13-15)25(26,27)28)17-8-10-18(11-9-17)22-20(23(31)30-24(32)29-22)14-16-5-3-2-4-6-16;25-24(26,27)20-9-5-4-8-18(20)16-10-12-17(13-11-16)21-19(22(30)29-23(31)28-21)14-15-6-2-1-3-7-15;1-30-21-12-11-18(25)14-19(21)16-7-9-17(10-8-16)22-20(23(28)27-24(29)26-22)13-15-5-3-2-4-6-15/h2-8,12-13,18H,9-11,14H2,1H3,(H2,29,30,31,32);1-10,17H,11-14H2,(H2,28,29,30,31);2-7,11-12,14,17H,8-10,13H2,1H3,(H2,26,27,28,29). The fraction of sp³-hybridized carbons (Fsp3) is 0.260. The summed E-state index contributed by atoms with van der Waals surface area (Å²) >= 11 is 0. The molecule has 6 N–H and O–H groups in total. The van der Waals surface area contributed by atoms with Crippen LogP contribution in [0.5, 0.6) is 5.75 Å². The molecule has 0 spiro atoms. The van der Waals surface area contributed by atoms with E-state index in [0.717, 1.165) is 40.3 Å². The van der Waals surface area contributed by atoms with E-state index in [2.05, 4.69) is 36.0 Å². The average Bonchev–Trinajstić information content (AvgIpc) is 0.853. The summed E-state index contributed by atoms with van der Waals surface area (Å²) in [5, 5.41) is 0. The van der Waals surface area contributed by atoms with Gasteiger partial charge in [0.25, 0.3) is 16.7 Å². The summed E-state index contributed by atoms with van der Waals surface area (Å²) in [6, 6.07) is 43.1. The van der Waals surface area contributed by atoms with Crippen molar-refractivity contribution in [3.63, 3.8) is 0 Å². The second-order valence-electron chi connectivity index (χ2n) is 23.4. The minimum atomic E-state index is -4.43. The van der Waals surface area contributed by atoms with E-state index in [1.54, 1.807) is 44.4 Å². The van der Waals surface area contributed by atoms with Gasteiger partial charge in [0.15, 0.2) is 0 Å². The molecule has 3 aliphatic rings. The van der Waals surface area contributed by atoms with E-state index in [9.17, 15) is 59.5 Å². The number of hydrogen-bond donors (Lipinski definition) is 6. The van der Waals surface area contributed by atoms with Gasteiger partial charge in [-0.2, -0.15) is 26.3 Å². The van der Waals surface area contributed by atoms with Crippen LogP contribution >= 0.6 is 0 Å². The summed E-state index contributed by atoms with van der Waals surface area (Å²) in [5.41, 5.74) is 6.15. The predicted octanol–water partition coefficient (Wildman–Crippen LogP) is 14.5. The SMILES string of the molecule is COc1ccc(F)cc1C1=CCC(c2[nH]c(=O)[nH]c(=O)c2Cc2ccccc2)CC1.Cc1ccc(C2=CCC(c3[nH]c(=O)[nH]c(=O)c3Cc3ccccc3)CC2)c(C(F)(F)F)c1.O=c1[nH]c(C2CC=C(c3ccccc3C(F)(F)F)CC2)c(Cc2ccccc2)c(=O)[nH]1. The molecule has 3 heterocycles. The van der Waals surface area contributed by atoms with E-state index in [-0.39, 0.29) is 40.3 Å². The van der Waals surface area contributed by atoms with Crippen molar-refractivity contribution in [2.45, 2.75) is 114 Å². The first-order valence-corrected chi connectivity index (χ1v) is 30.5. The molecular weight excluding hydrogens is 1210 g/mol. The van der Waals surface area contributed by atoms with Crippen LogP contribution in [0.3, 0.4) is 0 Å². The largest absolute Gasteiger partial charge is 0.496 e. The highest BCUT2D eigenvalue weighted by Crippen LogP contribution is 2.44. The van der Waals surface area contributed by atoms with Crippen LogP contribution < -0.4 is 38.5 Å². The molecule has 93 heavy (non-hydrogen) atoms. The summed E-state index contributed by atoms with van der Waals surface area (Å²) in [5.74, 6) is 0.0538. The number of aryl methyl sites for hydroxylation is 1. The molecule has 0 radical (unpaired) electrons. The summed E-state index contributed by atoms with van der Waals surface area (Å²) in [4.78, 5) is 88.9. The van der Waals surface area contributed by atoms with Gasteiger partial charge in [-0.05, 0) is 140 Å². The summed E-state index contributed by atoms with van der Waals surface area (Å²) in [7, 11) is 1.57. The molecule has 9 aromatic rings. The summed E-state index contributed by atoms with van der Waals surface area (Å²) < 4.78 is 100. The van der Waals surface area contributed by atoms with Crippen molar-refractivity contribution in [2.24, 2.45) is 0 Å². The van der Waals surface area contributed by atoms with E-state index in [4.69, 9.17) is 4.74 Å². The Morgan fingerprint density at radius 3 is 1.15 bits per heavy atom. The molecule has 20 heteroatoms. The van der Waals surface area contributed by atoms with E-state index >= 15 is 0 Å². The highest BCUT2D eigenvalue weighted by Gasteiger charge is 2.36. The number of benzene rings is 6. The number of halogens is 7. The topological polar surface area (TPSA) is 206 Å². The fourth-order valence-electron chi connectivity index (χ4n) is 12.7. The molecule has 13 nitrogen and oxygen atoms in total. The Morgan fingerprint density at radius 1 is 0.419 bits per heavy atom. The Morgan fingerprint density at radius 2 is 0.785 bits per heavy atom. The normalized spacial score (nSPS) is 16.5. The Kier molecular flexibility index (Phi) is 20.5. The van der Waals surface area contributed by atoms with Crippen LogP contribution in [0.2, 0.25) is 0 Å². The van der Waals surface area contributed by atoms with E-state index in [1.165, 1.54) is 36.4 Å². The highest BCUT2D eigenvalue weighted by molar-refractivity contribution is 5.72. The van der Waals surface area contributed by atoms with Crippen LogP contribution in [0, 0.1) is 12.7 Å². The molecule has 0 aliphatic heterocycles. The Labute approximate surface area is 528 Å². The number of nitrogens with one attached hydrogen (secondary N) is 6. The molecule has 12 rings (SSSR count). The molecule has 6 aromatic carbocycles. The average molecular weight is 1270 g/mol. The monoisotopic (exact) mass is 1270 g/mol. The van der Waals surface area contributed by atoms with Crippen LogP contribution in [-0.4, -0.2) is 37.0 Å². The maximum atomic E-state index is 13.8. The first-order chi connectivity index (χ1) is 44.6. The van der Waals surface area contributed by atoms with Crippen LogP contribution in [0.4, 0.5) is 30.7 Å². The molecule has 3 atom stereocenters. The van der Waals surface area contributed by atoms with Crippen LogP contribution in [0.15, 0.2) is 199 Å². The van der Waals surface area contributed by atoms with Crippen molar-refractivity contribution in [3.05, 3.63) is 322 Å². The number of hydrogen-bond acceptors (Lipinski definition) is 7. The van der Waals surface area contributed by atoms with Gasteiger partial charge in [0.1, 0.15) is 11.6 Å². The van der Waals surface area contributed by atoms with Crippen LogP contribution in [0.25, 0.3) is 16.7 Å². The maximum Gasteiger partial charge on any atom is 0.417 e. The number of methoxy groups -OCH3 is 1. The smallest absolute Gasteiger partial charge is 0.417 e. The van der Waals surface area contributed by atoms with Gasteiger partial charge in [-0.25, -0.2) is 18.8 Å². The Bertz CT molecular complexity index is 4620. The van der Waals surface area contributed by atoms with Gasteiger partial charge < -0.3 is 19.7 Å². The number of aromatic nitrogens is 6. The minimum absolute atomic E-state index is 0.0158. The van der Waals surface area contributed by atoms with Gasteiger partial charge in [-0.3, -0.25) is 29.3 Å². The minimum Gasteiger partial charge on any atom is -0.496 e. The molecule has 3 aliphatic carbocycles. The van der Waals surface area contributed by atoms with Gasteiger partial charge in [-0.1, -0.05) is 145 Å². The van der Waals surface area contributed by atoms with Gasteiger partial charge in [0, 0.05) is 76.4 Å².